The Morgan fingerprint density at radius 1 is 1.04 bits per heavy atom. The Balaban J connectivity index is 1.69. The molecule has 0 aliphatic carbocycles. The van der Waals surface area contributed by atoms with Gasteiger partial charge in [0.05, 0.1) is 12.6 Å². The lowest BCUT2D eigenvalue weighted by Crippen LogP contribution is -2.49. The third-order valence-corrected chi connectivity index (χ3v) is 4.75. The molecule has 1 fully saturated rings. The number of piperazine rings is 1. The van der Waals surface area contributed by atoms with Crippen molar-refractivity contribution in [2.75, 3.05) is 44.2 Å². The van der Waals surface area contributed by atoms with E-state index in [4.69, 9.17) is 10.5 Å². The predicted molar refractivity (Wildman–Crippen MR) is 99.6 cm³/mol. The van der Waals surface area contributed by atoms with Gasteiger partial charge in [-0.1, -0.05) is 18.2 Å². The maximum atomic E-state index is 13.1. The molecule has 4 nitrogen and oxygen atoms in total. The van der Waals surface area contributed by atoms with Gasteiger partial charge in [0.2, 0.25) is 0 Å². The third kappa shape index (κ3) is 4.11. The molecule has 1 heterocycles. The monoisotopic (exact) mass is 343 g/mol. The van der Waals surface area contributed by atoms with E-state index in [1.807, 2.05) is 37.3 Å². The van der Waals surface area contributed by atoms with Gasteiger partial charge in [0.1, 0.15) is 11.6 Å². The second-order valence-corrected chi connectivity index (χ2v) is 6.22. The summed E-state index contributed by atoms with van der Waals surface area (Å²) in [4.78, 5) is 4.70. The van der Waals surface area contributed by atoms with Crippen molar-refractivity contribution in [1.82, 2.24) is 4.90 Å². The first-order valence-electron chi connectivity index (χ1n) is 8.89. The first-order valence-corrected chi connectivity index (χ1v) is 8.89. The van der Waals surface area contributed by atoms with Crippen molar-refractivity contribution in [3.05, 3.63) is 59.9 Å². The van der Waals surface area contributed by atoms with Crippen molar-refractivity contribution < 1.29 is 9.13 Å². The fourth-order valence-corrected chi connectivity index (χ4v) is 3.46. The fraction of sp³-hybridized carbons (Fsp3) is 0.400. The van der Waals surface area contributed by atoms with E-state index in [1.54, 1.807) is 0 Å². The Bertz CT molecular complexity index is 669. The zero-order valence-electron chi connectivity index (χ0n) is 14.7. The van der Waals surface area contributed by atoms with Crippen molar-refractivity contribution in [3.63, 3.8) is 0 Å². The average molecular weight is 343 g/mol. The maximum Gasteiger partial charge on any atom is 0.124 e. The summed E-state index contributed by atoms with van der Waals surface area (Å²) in [6.45, 7) is 6.83. The first-order chi connectivity index (χ1) is 12.2. The average Bonchev–Trinajstić information content (AvgIpc) is 2.65. The Kier molecular flexibility index (Phi) is 5.89. The van der Waals surface area contributed by atoms with Crippen molar-refractivity contribution in [1.29, 1.82) is 0 Å². The minimum Gasteiger partial charge on any atom is -0.494 e. The second-order valence-electron chi connectivity index (χ2n) is 6.22. The number of ether oxygens (including phenoxy) is 1. The molecule has 3 rings (SSSR count). The van der Waals surface area contributed by atoms with Gasteiger partial charge in [-0.25, -0.2) is 4.39 Å². The largest absolute Gasteiger partial charge is 0.494 e. The number of nitrogens with two attached hydrogens (primary N) is 1. The summed E-state index contributed by atoms with van der Waals surface area (Å²) in [6, 6.07) is 15.0. The van der Waals surface area contributed by atoms with Gasteiger partial charge in [0.15, 0.2) is 0 Å². The molecule has 0 aromatic heterocycles. The van der Waals surface area contributed by atoms with Gasteiger partial charge in [-0.2, -0.15) is 0 Å². The van der Waals surface area contributed by atoms with Gasteiger partial charge in [0.25, 0.3) is 0 Å². The van der Waals surface area contributed by atoms with E-state index in [0.29, 0.717) is 13.2 Å². The number of benzene rings is 2. The number of anilines is 1. The SMILES string of the molecule is CCOc1ccccc1C(CN)N1CCN(c2ccc(F)cc2)CC1. The van der Waals surface area contributed by atoms with Crippen LogP contribution >= 0.6 is 0 Å². The molecule has 0 spiro atoms. The summed E-state index contributed by atoms with van der Waals surface area (Å²) in [5.41, 5.74) is 8.33. The van der Waals surface area contributed by atoms with Crippen LogP contribution in [-0.2, 0) is 0 Å². The van der Waals surface area contributed by atoms with Gasteiger partial charge in [-0.15, -0.1) is 0 Å². The number of hydrogen-bond acceptors (Lipinski definition) is 4. The molecule has 1 saturated heterocycles. The van der Waals surface area contributed by atoms with Crippen LogP contribution in [0.25, 0.3) is 0 Å². The Hall–Kier alpha value is -2.11. The molecule has 2 N–H and O–H groups in total. The summed E-state index contributed by atoms with van der Waals surface area (Å²) >= 11 is 0. The molecule has 2 aromatic carbocycles. The molecule has 0 radical (unpaired) electrons. The van der Waals surface area contributed by atoms with Crippen LogP contribution in [0.3, 0.4) is 0 Å². The van der Waals surface area contributed by atoms with E-state index in [0.717, 1.165) is 43.2 Å². The van der Waals surface area contributed by atoms with Crippen LogP contribution in [0.2, 0.25) is 0 Å². The number of halogens is 1. The standard InChI is InChI=1S/C20H26FN3O/c1-2-25-20-6-4-3-5-18(20)19(15-22)24-13-11-23(12-14-24)17-9-7-16(21)8-10-17/h3-10,19H,2,11-15,22H2,1H3. The highest BCUT2D eigenvalue weighted by Gasteiger charge is 2.26. The highest BCUT2D eigenvalue weighted by atomic mass is 19.1. The van der Waals surface area contributed by atoms with Crippen molar-refractivity contribution in [2.45, 2.75) is 13.0 Å². The summed E-state index contributed by atoms with van der Waals surface area (Å²) in [5.74, 6) is 0.722. The molecule has 1 unspecified atom stereocenters. The number of hydrogen-bond donors (Lipinski definition) is 1. The van der Waals surface area contributed by atoms with Crippen LogP contribution < -0.4 is 15.4 Å². The predicted octanol–water partition coefficient (Wildman–Crippen LogP) is 3.05. The summed E-state index contributed by atoms with van der Waals surface area (Å²) < 4.78 is 18.9. The Morgan fingerprint density at radius 3 is 2.36 bits per heavy atom. The molecule has 0 amide bonds. The molecule has 1 aliphatic rings. The second kappa shape index (κ2) is 8.32. The van der Waals surface area contributed by atoms with Gasteiger partial charge in [0, 0.05) is 44.0 Å². The molecule has 25 heavy (non-hydrogen) atoms. The molecule has 1 aliphatic heterocycles. The van der Waals surface area contributed by atoms with Crippen LogP contribution in [-0.4, -0.2) is 44.2 Å². The molecular weight excluding hydrogens is 317 g/mol. The molecule has 0 bridgehead atoms. The Labute approximate surface area is 149 Å². The fourth-order valence-electron chi connectivity index (χ4n) is 3.46. The van der Waals surface area contributed by atoms with E-state index < -0.39 is 0 Å². The highest BCUT2D eigenvalue weighted by Crippen LogP contribution is 2.30. The van der Waals surface area contributed by atoms with E-state index in [9.17, 15) is 4.39 Å². The van der Waals surface area contributed by atoms with E-state index in [1.165, 1.54) is 12.1 Å². The van der Waals surface area contributed by atoms with Crippen LogP contribution in [0.5, 0.6) is 5.75 Å². The van der Waals surface area contributed by atoms with E-state index >= 15 is 0 Å². The van der Waals surface area contributed by atoms with Gasteiger partial charge in [-0.05, 0) is 37.3 Å². The molecule has 1 atom stereocenters. The zero-order valence-corrected chi connectivity index (χ0v) is 14.7. The number of rotatable bonds is 6. The lowest BCUT2D eigenvalue weighted by Gasteiger charge is -2.40. The number of para-hydroxylation sites is 1. The van der Waals surface area contributed by atoms with Gasteiger partial charge in [-0.3, -0.25) is 4.90 Å². The lowest BCUT2D eigenvalue weighted by molar-refractivity contribution is 0.185. The third-order valence-electron chi connectivity index (χ3n) is 4.75. The van der Waals surface area contributed by atoms with E-state index in [-0.39, 0.29) is 11.9 Å². The minimum absolute atomic E-state index is 0.151. The lowest BCUT2D eigenvalue weighted by atomic mass is 10.0. The van der Waals surface area contributed by atoms with Crippen molar-refractivity contribution in [3.8, 4) is 5.75 Å². The molecule has 0 saturated carbocycles. The summed E-state index contributed by atoms with van der Waals surface area (Å²) in [7, 11) is 0. The van der Waals surface area contributed by atoms with E-state index in [2.05, 4.69) is 15.9 Å². The van der Waals surface area contributed by atoms with Crippen LogP contribution in [0.4, 0.5) is 10.1 Å². The van der Waals surface area contributed by atoms with Crippen molar-refractivity contribution >= 4 is 5.69 Å². The van der Waals surface area contributed by atoms with Crippen LogP contribution in [0.15, 0.2) is 48.5 Å². The number of nitrogens with zero attached hydrogens (tertiary/aromatic N) is 2. The first kappa shape index (κ1) is 17.7. The van der Waals surface area contributed by atoms with Crippen molar-refractivity contribution in [2.24, 2.45) is 5.73 Å². The minimum atomic E-state index is -0.196. The molecule has 5 heteroatoms. The highest BCUT2D eigenvalue weighted by molar-refractivity contribution is 5.47. The quantitative estimate of drug-likeness (QED) is 0.875. The normalized spacial score (nSPS) is 16.7. The molecule has 134 valence electrons. The van der Waals surface area contributed by atoms with Gasteiger partial charge < -0.3 is 15.4 Å². The van der Waals surface area contributed by atoms with Crippen LogP contribution in [0.1, 0.15) is 18.5 Å². The van der Waals surface area contributed by atoms with Crippen LogP contribution in [0, 0.1) is 5.82 Å². The zero-order chi connectivity index (χ0) is 17.6. The smallest absolute Gasteiger partial charge is 0.124 e. The topological polar surface area (TPSA) is 41.7 Å². The van der Waals surface area contributed by atoms with Gasteiger partial charge >= 0.3 is 0 Å². The molecule has 2 aromatic rings. The maximum absolute atomic E-state index is 13.1. The summed E-state index contributed by atoms with van der Waals surface area (Å²) in [6.07, 6.45) is 0. The summed E-state index contributed by atoms with van der Waals surface area (Å²) in [5, 5.41) is 0. The molecular formula is C20H26FN3O. The Morgan fingerprint density at radius 2 is 1.72 bits per heavy atom.